The lowest BCUT2D eigenvalue weighted by Gasteiger charge is -2.11. The Morgan fingerprint density at radius 3 is 2.21 bits per heavy atom. The number of carbonyl (C=O) groups is 3. The average molecular weight is 412 g/mol. The summed E-state index contributed by atoms with van der Waals surface area (Å²) in [5.74, 6) is -2.06. The topological polar surface area (TPSA) is 72.5 Å². The summed E-state index contributed by atoms with van der Waals surface area (Å²) in [6, 6.07) is 15.7. The van der Waals surface area contributed by atoms with Gasteiger partial charge in [-0.1, -0.05) is 29.8 Å². The van der Waals surface area contributed by atoms with Gasteiger partial charge < -0.3 is 10.1 Å². The van der Waals surface area contributed by atoms with Crippen LogP contribution in [0.5, 0.6) is 0 Å². The van der Waals surface area contributed by atoms with E-state index in [1.54, 1.807) is 12.1 Å². The summed E-state index contributed by atoms with van der Waals surface area (Å²) in [6.07, 6.45) is 0. The van der Waals surface area contributed by atoms with Crippen LogP contribution in [-0.2, 0) is 4.74 Å². The van der Waals surface area contributed by atoms with E-state index in [0.717, 1.165) is 0 Å². The minimum atomic E-state index is -0.641. The molecule has 5 nitrogen and oxygen atoms in total. The molecule has 0 atom stereocenters. The number of nitrogens with one attached hydrogen (secondary N) is 1. The number of methoxy groups -OCH3 is 1. The molecule has 0 saturated heterocycles. The number of rotatable bonds is 5. The van der Waals surface area contributed by atoms with Gasteiger partial charge in [0.15, 0.2) is 5.78 Å². The summed E-state index contributed by atoms with van der Waals surface area (Å²) in [5.41, 5.74) is 0.966. The number of benzene rings is 3. The molecule has 0 aliphatic heterocycles. The highest BCUT2D eigenvalue weighted by Crippen LogP contribution is 2.23. The Hall–Kier alpha value is -3.51. The molecule has 29 heavy (non-hydrogen) atoms. The zero-order valence-electron chi connectivity index (χ0n) is 15.2. The molecule has 0 radical (unpaired) electrons. The Kier molecular flexibility index (Phi) is 6.04. The van der Waals surface area contributed by atoms with Crippen LogP contribution in [0.2, 0.25) is 5.02 Å². The second-order valence-corrected chi connectivity index (χ2v) is 6.43. The number of hydrogen-bond donors (Lipinski definition) is 1. The molecule has 3 rings (SSSR count). The minimum absolute atomic E-state index is 0.0997. The fourth-order valence-electron chi connectivity index (χ4n) is 2.70. The van der Waals surface area contributed by atoms with Gasteiger partial charge in [0.05, 0.1) is 23.3 Å². The molecule has 0 unspecified atom stereocenters. The van der Waals surface area contributed by atoms with Gasteiger partial charge in [-0.15, -0.1) is 0 Å². The second-order valence-electron chi connectivity index (χ2n) is 6.02. The molecule has 0 aliphatic carbocycles. The number of anilines is 1. The van der Waals surface area contributed by atoms with Crippen molar-refractivity contribution in [1.29, 1.82) is 0 Å². The van der Waals surface area contributed by atoms with Crippen LogP contribution in [0.3, 0.4) is 0 Å². The van der Waals surface area contributed by atoms with Crippen molar-refractivity contribution in [1.82, 2.24) is 0 Å². The SMILES string of the molecule is COC(=O)c1cc(NC(=O)c2ccccc2C(=O)c2ccc(F)cc2)ccc1Cl. The van der Waals surface area contributed by atoms with E-state index in [2.05, 4.69) is 10.1 Å². The molecule has 0 aromatic heterocycles. The maximum Gasteiger partial charge on any atom is 0.339 e. The molecule has 0 spiro atoms. The van der Waals surface area contributed by atoms with Crippen LogP contribution in [0.15, 0.2) is 66.7 Å². The van der Waals surface area contributed by atoms with Gasteiger partial charge >= 0.3 is 5.97 Å². The molecular formula is C22H15ClFNO4. The third-order valence-corrected chi connectivity index (χ3v) is 4.48. The van der Waals surface area contributed by atoms with E-state index in [1.807, 2.05) is 0 Å². The van der Waals surface area contributed by atoms with Crippen LogP contribution in [0.25, 0.3) is 0 Å². The third-order valence-electron chi connectivity index (χ3n) is 4.15. The van der Waals surface area contributed by atoms with Crippen molar-refractivity contribution >= 4 is 34.9 Å². The fourth-order valence-corrected chi connectivity index (χ4v) is 2.90. The molecule has 0 saturated carbocycles. The third kappa shape index (κ3) is 4.50. The Balaban J connectivity index is 1.90. The van der Waals surface area contributed by atoms with Crippen molar-refractivity contribution in [3.05, 3.63) is 99.8 Å². The first-order valence-electron chi connectivity index (χ1n) is 8.49. The molecule has 1 amide bonds. The number of amides is 1. The van der Waals surface area contributed by atoms with E-state index in [1.165, 1.54) is 61.7 Å². The Morgan fingerprint density at radius 1 is 0.897 bits per heavy atom. The monoisotopic (exact) mass is 411 g/mol. The van der Waals surface area contributed by atoms with Crippen LogP contribution in [-0.4, -0.2) is 24.8 Å². The number of ether oxygens (including phenoxy) is 1. The summed E-state index contributed by atoms with van der Waals surface area (Å²) in [5, 5.41) is 2.83. The summed E-state index contributed by atoms with van der Waals surface area (Å²) in [7, 11) is 1.22. The summed E-state index contributed by atoms with van der Waals surface area (Å²) < 4.78 is 17.8. The number of halogens is 2. The standard InChI is InChI=1S/C22H15ClFNO4/c1-29-22(28)18-12-15(10-11-19(18)23)25-21(27)17-5-3-2-4-16(17)20(26)13-6-8-14(24)9-7-13/h2-12H,1H3,(H,25,27). The quantitative estimate of drug-likeness (QED) is 0.485. The zero-order valence-corrected chi connectivity index (χ0v) is 16.0. The molecular weight excluding hydrogens is 397 g/mol. The molecule has 0 heterocycles. The highest BCUT2D eigenvalue weighted by Gasteiger charge is 2.19. The molecule has 7 heteroatoms. The predicted octanol–water partition coefficient (Wildman–Crippen LogP) is 4.75. The minimum Gasteiger partial charge on any atom is -0.465 e. The van der Waals surface area contributed by atoms with Gasteiger partial charge in [0, 0.05) is 16.8 Å². The highest BCUT2D eigenvalue weighted by molar-refractivity contribution is 6.33. The fraction of sp³-hybridized carbons (Fsp3) is 0.0455. The second kappa shape index (κ2) is 8.67. The lowest BCUT2D eigenvalue weighted by molar-refractivity contribution is 0.0600. The van der Waals surface area contributed by atoms with E-state index in [0.29, 0.717) is 5.69 Å². The Bertz CT molecular complexity index is 1100. The summed E-state index contributed by atoms with van der Waals surface area (Å²) in [4.78, 5) is 37.3. The van der Waals surface area contributed by atoms with Gasteiger partial charge in [-0.3, -0.25) is 9.59 Å². The predicted molar refractivity (Wildman–Crippen MR) is 107 cm³/mol. The maximum atomic E-state index is 13.1. The molecule has 146 valence electrons. The Morgan fingerprint density at radius 2 is 1.55 bits per heavy atom. The van der Waals surface area contributed by atoms with Crippen molar-refractivity contribution < 1.29 is 23.5 Å². The van der Waals surface area contributed by atoms with Crippen molar-refractivity contribution in [3.8, 4) is 0 Å². The van der Waals surface area contributed by atoms with Crippen LogP contribution in [0.4, 0.5) is 10.1 Å². The van der Waals surface area contributed by atoms with Gasteiger partial charge in [0.25, 0.3) is 5.91 Å². The van der Waals surface area contributed by atoms with Crippen LogP contribution >= 0.6 is 11.6 Å². The van der Waals surface area contributed by atoms with Crippen LogP contribution < -0.4 is 5.32 Å². The van der Waals surface area contributed by atoms with Gasteiger partial charge in [-0.25, -0.2) is 9.18 Å². The van der Waals surface area contributed by atoms with Gasteiger partial charge in [-0.05, 0) is 48.5 Å². The lowest BCUT2D eigenvalue weighted by Crippen LogP contribution is -2.17. The van der Waals surface area contributed by atoms with E-state index < -0.39 is 23.5 Å². The van der Waals surface area contributed by atoms with Crippen molar-refractivity contribution in [2.75, 3.05) is 12.4 Å². The molecule has 3 aromatic carbocycles. The smallest absolute Gasteiger partial charge is 0.339 e. The number of carbonyl (C=O) groups excluding carboxylic acids is 3. The van der Waals surface area contributed by atoms with Crippen LogP contribution in [0.1, 0.15) is 36.6 Å². The maximum absolute atomic E-state index is 13.1. The average Bonchev–Trinajstić information content (AvgIpc) is 2.74. The van der Waals surface area contributed by atoms with E-state index in [4.69, 9.17) is 11.6 Å². The van der Waals surface area contributed by atoms with Crippen molar-refractivity contribution in [3.63, 3.8) is 0 Å². The lowest BCUT2D eigenvalue weighted by atomic mass is 9.98. The Labute approximate surface area is 171 Å². The number of esters is 1. The highest BCUT2D eigenvalue weighted by atomic mass is 35.5. The first-order chi connectivity index (χ1) is 13.9. The van der Waals surface area contributed by atoms with E-state index in [-0.39, 0.29) is 27.3 Å². The van der Waals surface area contributed by atoms with E-state index >= 15 is 0 Å². The normalized spacial score (nSPS) is 10.3. The summed E-state index contributed by atoms with van der Waals surface area (Å²) in [6.45, 7) is 0. The summed E-state index contributed by atoms with van der Waals surface area (Å²) >= 11 is 5.98. The molecule has 0 aliphatic rings. The van der Waals surface area contributed by atoms with Crippen molar-refractivity contribution in [2.24, 2.45) is 0 Å². The first kappa shape index (κ1) is 20.2. The van der Waals surface area contributed by atoms with Gasteiger partial charge in [0.1, 0.15) is 5.82 Å². The molecule has 1 N–H and O–H groups in total. The zero-order chi connectivity index (χ0) is 21.0. The van der Waals surface area contributed by atoms with Gasteiger partial charge in [0.2, 0.25) is 0 Å². The largest absolute Gasteiger partial charge is 0.465 e. The number of ketones is 1. The van der Waals surface area contributed by atoms with Crippen molar-refractivity contribution in [2.45, 2.75) is 0 Å². The molecule has 0 bridgehead atoms. The van der Waals surface area contributed by atoms with Gasteiger partial charge in [-0.2, -0.15) is 0 Å². The molecule has 3 aromatic rings. The van der Waals surface area contributed by atoms with E-state index in [9.17, 15) is 18.8 Å². The first-order valence-corrected chi connectivity index (χ1v) is 8.87. The molecule has 0 fully saturated rings. The van der Waals surface area contributed by atoms with Crippen LogP contribution in [0, 0.1) is 5.82 Å². The number of hydrogen-bond acceptors (Lipinski definition) is 4.